The Hall–Kier alpha value is -0.120. The third kappa shape index (κ3) is 5.71. The van der Waals surface area contributed by atoms with E-state index in [0.717, 1.165) is 23.9 Å². The summed E-state index contributed by atoms with van der Waals surface area (Å²) in [5.74, 6) is 1.76. The summed E-state index contributed by atoms with van der Waals surface area (Å²) in [7, 11) is 0. The molecule has 0 bridgehead atoms. The summed E-state index contributed by atoms with van der Waals surface area (Å²) in [5, 5.41) is 0. The van der Waals surface area contributed by atoms with Gasteiger partial charge in [-0.1, -0.05) is 13.8 Å². The van der Waals surface area contributed by atoms with Crippen LogP contribution < -0.4 is 0 Å². The van der Waals surface area contributed by atoms with E-state index < -0.39 is 0 Å². The Morgan fingerprint density at radius 3 is 1.79 bits per heavy atom. The zero-order chi connectivity index (χ0) is 17.7. The van der Waals surface area contributed by atoms with Crippen LogP contribution in [0.1, 0.15) is 67.2 Å². The first kappa shape index (κ1) is 20.2. The Bertz CT molecular complexity index is 347. The second-order valence-electron chi connectivity index (χ2n) is 9.08. The summed E-state index contributed by atoms with van der Waals surface area (Å²) < 4.78 is 0. The zero-order valence-electron chi connectivity index (χ0n) is 17.3. The predicted molar refractivity (Wildman–Crippen MR) is 106 cm³/mol. The molecule has 2 rings (SSSR count). The number of rotatable bonds is 7. The van der Waals surface area contributed by atoms with E-state index in [-0.39, 0.29) is 0 Å². The van der Waals surface area contributed by atoms with Crippen LogP contribution in [0.5, 0.6) is 0 Å². The van der Waals surface area contributed by atoms with Crippen LogP contribution in [0.4, 0.5) is 0 Å². The van der Waals surface area contributed by atoms with Crippen LogP contribution in [0.15, 0.2) is 0 Å². The lowest BCUT2D eigenvalue weighted by Crippen LogP contribution is -2.51. The highest BCUT2D eigenvalue weighted by Gasteiger charge is 2.27. The van der Waals surface area contributed by atoms with E-state index in [1.54, 1.807) is 0 Å². The molecule has 0 amide bonds. The number of nitrogens with zero attached hydrogens (tertiary/aromatic N) is 3. The maximum Gasteiger partial charge on any atom is 0.0113 e. The molecule has 3 nitrogen and oxygen atoms in total. The lowest BCUT2D eigenvalue weighted by molar-refractivity contribution is 0.0697. The molecule has 0 aromatic heterocycles. The molecule has 2 saturated heterocycles. The average molecular weight is 338 g/mol. The van der Waals surface area contributed by atoms with Gasteiger partial charge in [-0.15, -0.1) is 0 Å². The number of hydrogen-bond acceptors (Lipinski definition) is 3. The Morgan fingerprint density at radius 1 is 0.708 bits per heavy atom. The van der Waals surface area contributed by atoms with Crippen LogP contribution >= 0.6 is 0 Å². The summed E-state index contributed by atoms with van der Waals surface area (Å²) in [6.07, 6.45) is 5.55. The molecular weight excluding hydrogens is 294 g/mol. The number of likely N-dealkylation sites (tertiary alicyclic amines) is 1. The molecule has 24 heavy (non-hydrogen) atoms. The third-order valence-electron chi connectivity index (χ3n) is 6.76. The Labute approximate surface area is 151 Å². The molecule has 2 heterocycles. The summed E-state index contributed by atoms with van der Waals surface area (Å²) in [6.45, 7) is 22.0. The van der Waals surface area contributed by atoms with Crippen LogP contribution in [-0.4, -0.2) is 72.1 Å². The van der Waals surface area contributed by atoms with Crippen molar-refractivity contribution in [2.75, 3.05) is 39.3 Å². The Kier molecular flexibility index (Phi) is 8.03. The second-order valence-corrected chi connectivity index (χ2v) is 9.08. The highest BCUT2D eigenvalue weighted by Crippen LogP contribution is 2.26. The molecule has 0 aromatic carbocycles. The normalized spacial score (nSPS) is 27.8. The molecule has 0 radical (unpaired) electrons. The minimum atomic E-state index is 0.704. The van der Waals surface area contributed by atoms with E-state index in [0.29, 0.717) is 6.04 Å². The quantitative estimate of drug-likeness (QED) is 0.697. The molecule has 142 valence electrons. The van der Waals surface area contributed by atoms with Gasteiger partial charge < -0.3 is 4.90 Å². The first-order chi connectivity index (χ1) is 11.4. The van der Waals surface area contributed by atoms with E-state index in [1.807, 2.05) is 0 Å². The molecule has 2 aliphatic rings. The van der Waals surface area contributed by atoms with Gasteiger partial charge in [-0.25, -0.2) is 0 Å². The number of hydrogen-bond donors (Lipinski definition) is 0. The molecule has 3 atom stereocenters. The van der Waals surface area contributed by atoms with Crippen LogP contribution in [0.25, 0.3) is 0 Å². The minimum Gasteiger partial charge on any atom is -0.300 e. The highest BCUT2D eigenvalue weighted by molar-refractivity contribution is 4.81. The van der Waals surface area contributed by atoms with Crippen LogP contribution in [0.3, 0.4) is 0 Å². The Balaban J connectivity index is 1.70. The van der Waals surface area contributed by atoms with Gasteiger partial charge in [0.05, 0.1) is 0 Å². The van der Waals surface area contributed by atoms with E-state index >= 15 is 0 Å². The van der Waals surface area contributed by atoms with Gasteiger partial charge in [0.15, 0.2) is 0 Å². The number of piperidine rings is 1. The average Bonchev–Trinajstić information content (AvgIpc) is 2.59. The molecular formula is C21H43N3. The van der Waals surface area contributed by atoms with Crippen molar-refractivity contribution in [3.63, 3.8) is 0 Å². The summed E-state index contributed by atoms with van der Waals surface area (Å²) >= 11 is 0. The maximum atomic E-state index is 2.78. The van der Waals surface area contributed by atoms with E-state index in [9.17, 15) is 0 Å². The minimum absolute atomic E-state index is 0.704. The van der Waals surface area contributed by atoms with Gasteiger partial charge >= 0.3 is 0 Å². The van der Waals surface area contributed by atoms with E-state index in [2.05, 4.69) is 56.2 Å². The van der Waals surface area contributed by atoms with Gasteiger partial charge in [0.2, 0.25) is 0 Å². The van der Waals surface area contributed by atoms with Crippen molar-refractivity contribution in [3.8, 4) is 0 Å². The summed E-state index contributed by atoms with van der Waals surface area (Å²) in [5.41, 5.74) is 0. The van der Waals surface area contributed by atoms with Crippen molar-refractivity contribution in [2.45, 2.75) is 85.4 Å². The molecule has 0 aromatic rings. The standard InChI is InChI=1S/C21H43N3/c1-17(2)21-8-7-11-24(16-21)20(6)10-9-19(5)23-14-12-22(13-15-23)18(3)4/h17-21H,7-16H2,1-6H3. The van der Waals surface area contributed by atoms with Crippen molar-refractivity contribution in [2.24, 2.45) is 11.8 Å². The van der Waals surface area contributed by atoms with Gasteiger partial charge in [-0.3, -0.25) is 9.80 Å². The van der Waals surface area contributed by atoms with E-state index in [4.69, 9.17) is 0 Å². The van der Waals surface area contributed by atoms with Crippen LogP contribution in [-0.2, 0) is 0 Å². The lowest BCUT2D eigenvalue weighted by atomic mass is 9.87. The van der Waals surface area contributed by atoms with Gasteiger partial charge in [-0.2, -0.15) is 0 Å². The fourth-order valence-corrected chi connectivity index (χ4v) is 4.53. The van der Waals surface area contributed by atoms with Gasteiger partial charge in [0, 0.05) is 50.8 Å². The topological polar surface area (TPSA) is 9.72 Å². The van der Waals surface area contributed by atoms with Crippen molar-refractivity contribution in [1.29, 1.82) is 0 Å². The van der Waals surface area contributed by atoms with Crippen LogP contribution in [0, 0.1) is 11.8 Å². The summed E-state index contributed by atoms with van der Waals surface area (Å²) in [6, 6.07) is 2.20. The van der Waals surface area contributed by atoms with Gasteiger partial charge in [-0.05, 0) is 71.8 Å². The SMILES string of the molecule is CC(C)C1CCCN(C(C)CCC(C)N2CCN(C(C)C)CC2)C1. The molecule has 3 heteroatoms. The summed E-state index contributed by atoms with van der Waals surface area (Å²) in [4.78, 5) is 8.11. The smallest absolute Gasteiger partial charge is 0.0113 e. The predicted octanol–water partition coefficient (Wildman–Crippen LogP) is 3.94. The third-order valence-corrected chi connectivity index (χ3v) is 6.76. The molecule has 0 N–H and O–H groups in total. The highest BCUT2D eigenvalue weighted by atomic mass is 15.3. The van der Waals surface area contributed by atoms with Crippen molar-refractivity contribution >= 4 is 0 Å². The molecule has 2 fully saturated rings. The van der Waals surface area contributed by atoms with Crippen molar-refractivity contribution in [3.05, 3.63) is 0 Å². The van der Waals surface area contributed by atoms with Crippen molar-refractivity contribution < 1.29 is 0 Å². The monoisotopic (exact) mass is 337 g/mol. The van der Waals surface area contributed by atoms with Gasteiger partial charge in [0.1, 0.15) is 0 Å². The molecule has 3 unspecified atom stereocenters. The fourth-order valence-electron chi connectivity index (χ4n) is 4.53. The first-order valence-corrected chi connectivity index (χ1v) is 10.6. The van der Waals surface area contributed by atoms with Gasteiger partial charge in [0.25, 0.3) is 0 Å². The van der Waals surface area contributed by atoms with Crippen LogP contribution in [0.2, 0.25) is 0 Å². The largest absolute Gasteiger partial charge is 0.300 e. The lowest BCUT2D eigenvalue weighted by Gasteiger charge is -2.41. The van der Waals surface area contributed by atoms with Crippen molar-refractivity contribution in [1.82, 2.24) is 14.7 Å². The first-order valence-electron chi connectivity index (χ1n) is 10.6. The molecule has 0 spiro atoms. The maximum absolute atomic E-state index is 2.78. The second kappa shape index (κ2) is 9.54. The fraction of sp³-hybridized carbons (Fsp3) is 1.00. The molecule has 2 aliphatic heterocycles. The Morgan fingerprint density at radius 2 is 1.25 bits per heavy atom. The molecule has 0 saturated carbocycles. The number of piperazine rings is 1. The van der Waals surface area contributed by atoms with E-state index in [1.165, 1.54) is 65.0 Å². The zero-order valence-corrected chi connectivity index (χ0v) is 17.3. The molecule has 0 aliphatic carbocycles.